The van der Waals surface area contributed by atoms with E-state index >= 15 is 0 Å². The zero-order chi connectivity index (χ0) is 11.4. The second kappa shape index (κ2) is 5.01. The van der Waals surface area contributed by atoms with Gasteiger partial charge in [-0.25, -0.2) is 0 Å². The maximum Gasteiger partial charge on any atom is 0.207 e. The summed E-state index contributed by atoms with van der Waals surface area (Å²) < 4.78 is 5.48. The fourth-order valence-electron chi connectivity index (χ4n) is 2.30. The first-order chi connectivity index (χ1) is 7.85. The summed E-state index contributed by atoms with van der Waals surface area (Å²) >= 11 is 0. The minimum absolute atomic E-state index is 0.178. The lowest BCUT2D eigenvalue weighted by atomic mass is 9.87. The van der Waals surface area contributed by atoms with Crippen LogP contribution < -0.4 is 10.1 Å². The highest BCUT2D eigenvalue weighted by Gasteiger charge is 2.19. The van der Waals surface area contributed by atoms with Crippen molar-refractivity contribution in [1.29, 1.82) is 0 Å². The first-order valence-electron chi connectivity index (χ1n) is 5.80. The molecule has 1 aliphatic carbocycles. The van der Waals surface area contributed by atoms with E-state index in [0.717, 1.165) is 31.4 Å². The molecule has 1 aromatic carbocycles. The Morgan fingerprint density at radius 3 is 3.19 bits per heavy atom. The Hall–Kier alpha value is -1.51. The molecule has 1 aliphatic rings. The molecule has 3 heteroatoms. The molecule has 1 N–H and O–H groups in total. The fourth-order valence-corrected chi connectivity index (χ4v) is 2.30. The number of carbonyl (C=O) groups is 1. The molecule has 86 valence electrons. The van der Waals surface area contributed by atoms with Gasteiger partial charge in [-0.3, -0.25) is 4.79 Å². The van der Waals surface area contributed by atoms with Crippen molar-refractivity contribution in [3.63, 3.8) is 0 Å². The molecule has 0 bridgehead atoms. The summed E-state index contributed by atoms with van der Waals surface area (Å²) in [4.78, 5) is 10.5. The molecule has 1 aromatic rings. The van der Waals surface area contributed by atoms with Gasteiger partial charge in [0.05, 0.1) is 12.6 Å². The van der Waals surface area contributed by atoms with E-state index in [4.69, 9.17) is 4.74 Å². The number of carbonyl (C=O) groups excluding carboxylic acids is 1. The van der Waals surface area contributed by atoms with Gasteiger partial charge in [0, 0.05) is 0 Å². The zero-order valence-electron chi connectivity index (χ0n) is 9.53. The van der Waals surface area contributed by atoms with E-state index in [-0.39, 0.29) is 6.04 Å². The summed E-state index contributed by atoms with van der Waals surface area (Å²) in [7, 11) is 0. The summed E-state index contributed by atoms with van der Waals surface area (Å²) in [5.74, 6) is 0.924. The molecule has 16 heavy (non-hydrogen) atoms. The number of ether oxygens (including phenoxy) is 1. The number of nitrogens with one attached hydrogen (secondary N) is 1. The third-order valence-electron chi connectivity index (χ3n) is 3.01. The number of amides is 1. The number of hydrogen-bond donors (Lipinski definition) is 1. The summed E-state index contributed by atoms with van der Waals surface area (Å²) in [6.07, 6.45) is 4.01. The SMILES string of the molecule is CCOc1ccc2c(c1)CCCC2NC=O. The fraction of sp³-hybridized carbons (Fsp3) is 0.462. The molecule has 0 aliphatic heterocycles. The predicted molar refractivity (Wildman–Crippen MR) is 62.5 cm³/mol. The Balaban J connectivity index is 2.25. The summed E-state index contributed by atoms with van der Waals surface area (Å²) in [5.41, 5.74) is 2.54. The van der Waals surface area contributed by atoms with Crippen LogP contribution in [0.2, 0.25) is 0 Å². The zero-order valence-corrected chi connectivity index (χ0v) is 9.53. The Morgan fingerprint density at radius 2 is 2.44 bits per heavy atom. The van der Waals surface area contributed by atoms with Gasteiger partial charge in [0.15, 0.2) is 0 Å². The molecular formula is C13H17NO2. The average Bonchev–Trinajstić information content (AvgIpc) is 2.30. The summed E-state index contributed by atoms with van der Waals surface area (Å²) in [6, 6.07) is 6.32. The van der Waals surface area contributed by atoms with Crippen molar-refractivity contribution in [3.8, 4) is 5.75 Å². The predicted octanol–water partition coefficient (Wildman–Crippen LogP) is 2.21. The molecule has 0 fully saturated rings. The first kappa shape index (κ1) is 11.0. The molecule has 1 amide bonds. The van der Waals surface area contributed by atoms with Gasteiger partial charge in [0.1, 0.15) is 5.75 Å². The van der Waals surface area contributed by atoms with Crippen molar-refractivity contribution in [2.45, 2.75) is 32.2 Å². The van der Waals surface area contributed by atoms with Crippen molar-refractivity contribution < 1.29 is 9.53 Å². The number of fused-ring (bicyclic) bond motifs is 1. The Bertz CT molecular complexity index is 376. The second-order valence-corrected chi connectivity index (χ2v) is 4.02. The van der Waals surface area contributed by atoms with Gasteiger partial charge < -0.3 is 10.1 Å². The smallest absolute Gasteiger partial charge is 0.207 e. The maximum atomic E-state index is 10.5. The van der Waals surface area contributed by atoms with Crippen LogP contribution in [-0.2, 0) is 11.2 Å². The topological polar surface area (TPSA) is 38.3 Å². The molecule has 2 rings (SSSR count). The number of hydrogen-bond acceptors (Lipinski definition) is 2. The first-order valence-corrected chi connectivity index (χ1v) is 5.80. The van der Waals surface area contributed by atoms with E-state index in [9.17, 15) is 4.79 Å². The monoisotopic (exact) mass is 219 g/mol. The third kappa shape index (κ3) is 2.18. The van der Waals surface area contributed by atoms with E-state index < -0.39 is 0 Å². The second-order valence-electron chi connectivity index (χ2n) is 4.02. The van der Waals surface area contributed by atoms with Crippen LogP contribution in [0, 0.1) is 0 Å². The van der Waals surface area contributed by atoms with Gasteiger partial charge in [-0.05, 0) is 49.4 Å². The molecule has 1 unspecified atom stereocenters. The van der Waals surface area contributed by atoms with Crippen molar-refractivity contribution in [2.75, 3.05) is 6.61 Å². The molecule has 0 spiro atoms. The van der Waals surface area contributed by atoms with Gasteiger partial charge in [0.25, 0.3) is 0 Å². The normalized spacial score (nSPS) is 18.7. The number of aryl methyl sites for hydroxylation is 1. The third-order valence-corrected chi connectivity index (χ3v) is 3.01. The van der Waals surface area contributed by atoms with E-state index in [2.05, 4.69) is 17.4 Å². The van der Waals surface area contributed by atoms with Gasteiger partial charge in [-0.15, -0.1) is 0 Å². The summed E-state index contributed by atoms with van der Waals surface area (Å²) in [6.45, 7) is 2.67. The molecule has 0 aromatic heterocycles. The van der Waals surface area contributed by atoms with Crippen molar-refractivity contribution in [2.24, 2.45) is 0 Å². The highest BCUT2D eigenvalue weighted by atomic mass is 16.5. The molecule has 0 radical (unpaired) electrons. The van der Waals surface area contributed by atoms with Crippen molar-refractivity contribution in [3.05, 3.63) is 29.3 Å². The van der Waals surface area contributed by atoms with Gasteiger partial charge >= 0.3 is 0 Å². The largest absolute Gasteiger partial charge is 0.494 e. The standard InChI is InChI=1S/C13H17NO2/c1-2-16-11-6-7-12-10(8-11)4-3-5-13(12)14-9-15/h6-9,13H,2-5H2,1H3,(H,14,15). The average molecular weight is 219 g/mol. The summed E-state index contributed by atoms with van der Waals surface area (Å²) in [5, 5.41) is 2.87. The van der Waals surface area contributed by atoms with Crippen LogP contribution in [-0.4, -0.2) is 13.0 Å². The van der Waals surface area contributed by atoms with Crippen LogP contribution in [0.1, 0.15) is 36.9 Å². The minimum Gasteiger partial charge on any atom is -0.494 e. The van der Waals surface area contributed by atoms with E-state index in [1.807, 2.05) is 13.0 Å². The lowest BCUT2D eigenvalue weighted by molar-refractivity contribution is -0.110. The molecule has 3 nitrogen and oxygen atoms in total. The van der Waals surface area contributed by atoms with Crippen LogP contribution in [0.25, 0.3) is 0 Å². The number of benzene rings is 1. The molecule has 0 saturated heterocycles. The van der Waals surface area contributed by atoms with Crippen LogP contribution >= 0.6 is 0 Å². The van der Waals surface area contributed by atoms with Gasteiger partial charge in [0.2, 0.25) is 6.41 Å². The van der Waals surface area contributed by atoms with Gasteiger partial charge in [-0.1, -0.05) is 6.07 Å². The molecule has 1 atom stereocenters. The molecule has 0 saturated carbocycles. The van der Waals surface area contributed by atoms with Gasteiger partial charge in [-0.2, -0.15) is 0 Å². The highest BCUT2D eigenvalue weighted by Crippen LogP contribution is 2.31. The lowest BCUT2D eigenvalue weighted by Gasteiger charge is -2.25. The molecular weight excluding hydrogens is 202 g/mol. The minimum atomic E-state index is 0.178. The van der Waals surface area contributed by atoms with E-state index in [1.54, 1.807) is 0 Å². The van der Waals surface area contributed by atoms with Crippen LogP contribution in [0.15, 0.2) is 18.2 Å². The maximum absolute atomic E-state index is 10.5. The van der Waals surface area contributed by atoms with Crippen LogP contribution in [0.4, 0.5) is 0 Å². The molecule has 0 heterocycles. The lowest BCUT2D eigenvalue weighted by Crippen LogP contribution is -2.23. The quantitative estimate of drug-likeness (QED) is 0.788. The van der Waals surface area contributed by atoms with Crippen LogP contribution in [0.3, 0.4) is 0 Å². The van der Waals surface area contributed by atoms with Crippen molar-refractivity contribution >= 4 is 6.41 Å². The van der Waals surface area contributed by atoms with E-state index in [0.29, 0.717) is 6.61 Å². The van der Waals surface area contributed by atoms with Crippen LogP contribution in [0.5, 0.6) is 5.75 Å². The van der Waals surface area contributed by atoms with Crippen molar-refractivity contribution in [1.82, 2.24) is 5.32 Å². The highest BCUT2D eigenvalue weighted by molar-refractivity contribution is 5.49. The Labute approximate surface area is 95.8 Å². The Morgan fingerprint density at radius 1 is 1.56 bits per heavy atom. The number of rotatable bonds is 4. The Kier molecular flexibility index (Phi) is 3.44. The van der Waals surface area contributed by atoms with E-state index in [1.165, 1.54) is 11.1 Å².